The summed E-state index contributed by atoms with van der Waals surface area (Å²) in [5, 5.41) is 8.55. The number of ether oxygens (including phenoxy) is 1. The van der Waals surface area contributed by atoms with Crippen molar-refractivity contribution in [1.29, 1.82) is 0 Å². The third-order valence-electron chi connectivity index (χ3n) is 5.24. The van der Waals surface area contributed by atoms with Gasteiger partial charge in [0.05, 0.1) is 18.4 Å². The molecule has 2 aromatic rings. The molecule has 0 fully saturated rings. The number of carbonyl (C=O) groups excluding carboxylic acids is 3. The molecule has 0 radical (unpaired) electrons. The Hall–Kier alpha value is -3.35. The molecule has 0 aromatic heterocycles. The molecule has 3 N–H and O–H groups in total. The van der Waals surface area contributed by atoms with Crippen molar-refractivity contribution in [2.45, 2.75) is 40.2 Å². The zero-order valence-electron chi connectivity index (χ0n) is 19.4. The van der Waals surface area contributed by atoms with Crippen LogP contribution in [0.3, 0.4) is 0 Å². The SMILES string of the molecule is CC[C@H](C)[C@@H](NC(=O)c1ccccc1NC(=O)c1ccc(OC)cc1)C(=O)NCC(C)C. The van der Waals surface area contributed by atoms with Gasteiger partial charge in [0.1, 0.15) is 11.8 Å². The lowest BCUT2D eigenvalue weighted by molar-refractivity contribution is -0.124. The van der Waals surface area contributed by atoms with Crippen LogP contribution in [0.25, 0.3) is 0 Å². The van der Waals surface area contributed by atoms with Crippen LogP contribution in [0, 0.1) is 11.8 Å². The van der Waals surface area contributed by atoms with E-state index in [0.717, 1.165) is 6.42 Å². The molecule has 172 valence electrons. The van der Waals surface area contributed by atoms with Crippen molar-refractivity contribution in [1.82, 2.24) is 10.6 Å². The van der Waals surface area contributed by atoms with Crippen molar-refractivity contribution in [2.24, 2.45) is 11.8 Å². The highest BCUT2D eigenvalue weighted by atomic mass is 16.5. The van der Waals surface area contributed by atoms with Crippen LogP contribution in [0.2, 0.25) is 0 Å². The van der Waals surface area contributed by atoms with Gasteiger partial charge in [0.15, 0.2) is 0 Å². The molecule has 0 unspecified atom stereocenters. The first-order valence-electron chi connectivity index (χ1n) is 10.9. The molecule has 0 saturated heterocycles. The molecule has 2 rings (SSSR count). The molecule has 0 bridgehead atoms. The third kappa shape index (κ3) is 6.83. The number of nitrogens with one attached hydrogen (secondary N) is 3. The van der Waals surface area contributed by atoms with Gasteiger partial charge in [-0.05, 0) is 48.2 Å². The number of rotatable bonds is 10. The average Bonchev–Trinajstić information content (AvgIpc) is 2.80. The Labute approximate surface area is 189 Å². The molecule has 0 heterocycles. The first-order valence-corrected chi connectivity index (χ1v) is 10.9. The number of methoxy groups -OCH3 is 1. The van der Waals surface area contributed by atoms with Crippen molar-refractivity contribution in [3.05, 3.63) is 59.7 Å². The van der Waals surface area contributed by atoms with Crippen molar-refractivity contribution < 1.29 is 19.1 Å². The second-order valence-electron chi connectivity index (χ2n) is 8.20. The molecule has 0 aliphatic heterocycles. The van der Waals surface area contributed by atoms with Gasteiger partial charge in [-0.1, -0.05) is 46.2 Å². The van der Waals surface area contributed by atoms with Crippen LogP contribution >= 0.6 is 0 Å². The molecule has 0 aliphatic carbocycles. The van der Waals surface area contributed by atoms with E-state index in [4.69, 9.17) is 4.74 Å². The minimum atomic E-state index is -0.670. The lowest BCUT2D eigenvalue weighted by Gasteiger charge is -2.24. The summed E-state index contributed by atoms with van der Waals surface area (Å²) in [6.45, 7) is 8.47. The quantitative estimate of drug-likeness (QED) is 0.524. The van der Waals surface area contributed by atoms with Crippen LogP contribution in [0.15, 0.2) is 48.5 Å². The first kappa shape index (κ1) is 24.9. The van der Waals surface area contributed by atoms with Gasteiger partial charge in [0, 0.05) is 12.1 Å². The van der Waals surface area contributed by atoms with Crippen LogP contribution in [0.5, 0.6) is 5.75 Å². The molecular formula is C25H33N3O4. The van der Waals surface area contributed by atoms with E-state index >= 15 is 0 Å². The van der Waals surface area contributed by atoms with Crippen LogP contribution in [0.4, 0.5) is 5.69 Å². The highest BCUT2D eigenvalue weighted by Crippen LogP contribution is 2.19. The van der Waals surface area contributed by atoms with E-state index in [9.17, 15) is 14.4 Å². The molecule has 0 saturated carbocycles. The maximum Gasteiger partial charge on any atom is 0.255 e. The first-order chi connectivity index (χ1) is 15.3. The number of para-hydroxylation sites is 1. The van der Waals surface area contributed by atoms with E-state index < -0.39 is 11.9 Å². The smallest absolute Gasteiger partial charge is 0.255 e. The van der Waals surface area contributed by atoms with Gasteiger partial charge >= 0.3 is 0 Å². The Morgan fingerprint density at radius 3 is 2.19 bits per heavy atom. The fraction of sp³-hybridized carbons (Fsp3) is 0.400. The summed E-state index contributed by atoms with van der Waals surface area (Å²) in [6, 6.07) is 12.8. The number of carbonyl (C=O) groups is 3. The predicted molar refractivity (Wildman–Crippen MR) is 126 cm³/mol. The number of hydrogen-bond acceptors (Lipinski definition) is 4. The van der Waals surface area contributed by atoms with E-state index in [0.29, 0.717) is 35.0 Å². The molecule has 2 aromatic carbocycles. The fourth-order valence-electron chi connectivity index (χ4n) is 3.06. The van der Waals surface area contributed by atoms with E-state index in [1.54, 1.807) is 55.6 Å². The zero-order chi connectivity index (χ0) is 23.7. The van der Waals surface area contributed by atoms with E-state index in [1.165, 1.54) is 0 Å². The molecule has 3 amide bonds. The second kappa shape index (κ2) is 11.9. The highest BCUT2D eigenvalue weighted by molar-refractivity contribution is 6.09. The number of amides is 3. The molecule has 0 aliphatic rings. The Morgan fingerprint density at radius 1 is 0.938 bits per heavy atom. The van der Waals surface area contributed by atoms with Gasteiger partial charge in [-0.2, -0.15) is 0 Å². The molecule has 7 heteroatoms. The monoisotopic (exact) mass is 439 g/mol. The van der Waals surface area contributed by atoms with Crippen molar-refractivity contribution in [2.75, 3.05) is 19.0 Å². The minimum absolute atomic E-state index is 0.0489. The summed E-state index contributed by atoms with van der Waals surface area (Å²) in [5.74, 6) is -0.0655. The standard InChI is InChI=1S/C25H33N3O4/c1-6-17(4)22(25(31)26-15-16(2)3)28-24(30)20-9-7-8-10-21(20)27-23(29)18-11-13-19(32-5)14-12-18/h7-14,16-17,22H,6,15H2,1-5H3,(H,26,31)(H,27,29)(H,28,30)/t17-,22+/m0/s1. The van der Waals surface area contributed by atoms with Crippen molar-refractivity contribution in [3.8, 4) is 5.75 Å². The van der Waals surface area contributed by atoms with E-state index in [1.807, 2.05) is 27.7 Å². The van der Waals surface area contributed by atoms with Crippen LogP contribution in [-0.2, 0) is 4.79 Å². The average molecular weight is 440 g/mol. The normalized spacial score (nSPS) is 12.6. The van der Waals surface area contributed by atoms with E-state index in [2.05, 4.69) is 16.0 Å². The number of hydrogen-bond donors (Lipinski definition) is 3. The van der Waals surface area contributed by atoms with Gasteiger partial charge in [0.2, 0.25) is 5.91 Å². The van der Waals surface area contributed by atoms with Gasteiger partial charge in [0.25, 0.3) is 11.8 Å². The fourth-order valence-corrected chi connectivity index (χ4v) is 3.06. The summed E-state index contributed by atoms with van der Waals surface area (Å²) in [4.78, 5) is 38.5. The second-order valence-corrected chi connectivity index (χ2v) is 8.20. The lowest BCUT2D eigenvalue weighted by atomic mass is 9.97. The zero-order valence-corrected chi connectivity index (χ0v) is 19.4. The maximum absolute atomic E-state index is 13.1. The predicted octanol–water partition coefficient (Wildman–Crippen LogP) is 3.86. The summed E-state index contributed by atoms with van der Waals surface area (Å²) in [6.07, 6.45) is 0.732. The number of benzene rings is 2. The molecule has 7 nitrogen and oxygen atoms in total. The minimum Gasteiger partial charge on any atom is -0.497 e. The number of anilines is 1. The summed E-state index contributed by atoms with van der Waals surface area (Å²) in [5.41, 5.74) is 1.10. The lowest BCUT2D eigenvalue weighted by Crippen LogP contribution is -2.50. The largest absolute Gasteiger partial charge is 0.497 e. The maximum atomic E-state index is 13.1. The van der Waals surface area contributed by atoms with Gasteiger partial charge in [-0.15, -0.1) is 0 Å². The van der Waals surface area contributed by atoms with Gasteiger partial charge < -0.3 is 20.7 Å². The highest BCUT2D eigenvalue weighted by Gasteiger charge is 2.27. The molecule has 0 spiro atoms. The van der Waals surface area contributed by atoms with Crippen LogP contribution < -0.4 is 20.7 Å². The van der Waals surface area contributed by atoms with Crippen LogP contribution in [0.1, 0.15) is 54.8 Å². The van der Waals surface area contributed by atoms with Crippen molar-refractivity contribution >= 4 is 23.4 Å². The summed E-state index contributed by atoms with van der Waals surface area (Å²) >= 11 is 0. The van der Waals surface area contributed by atoms with Gasteiger partial charge in [-0.25, -0.2) is 0 Å². The summed E-state index contributed by atoms with van der Waals surface area (Å²) < 4.78 is 5.12. The molecule has 2 atom stereocenters. The van der Waals surface area contributed by atoms with Gasteiger partial charge in [-0.3, -0.25) is 14.4 Å². The Balaban J connectivity index is 2.18. The van der Waals surface area contributed by atoms with E-state index in [-0.39, 0.29) is 17.7 Å². The van der Waals surface area contributed by atoms with Crippen LogP contribution in [-0.4, -0.2) is 37.4 Å². The Morgan fingerprint density at radius 2 is 1.59 bits per heavy atom. The molecule has 32 heavy (non-hydrogen) atoms. The topological polar surface area (TPSA) is 96.5 Å². The molecular weight excluding hydrogens is 406 g/mol. The third-order valence-corrected chi connectivity index (χ3v) is 5.24. The Kier molecular flexibility index (Phi) is 9.25. The summed E-state index contributed by atoms with van der Waals surface area (Å²) in [7, 11) is 1.56. The van der Waals surface area contributed by atoms with Crippen molar-refractivity contribution in [3.63, 3.8) is 0 Å². The Bertz CT molecular complexity index is 925.